The van der Waals surface area contributed by atoms with Gasteiger partial charge >= 0.3 is 0 Å². The van der Waals surface area contributed by atoms with Crippen molar-refractivity contribution in [2.24, 2.45) is 5.92 Å². The van der Waals surface area contributed by atoms with Crippen molar-refractivity contribution < 1.29 is 4.52 Å². The molecule has 0 aliphatic carbocycles. The number of thioether (sulfide) groups is 1. The van der Waals surface area contributed by atoms with Gasteiger partial charge in [-0.1, -0.05) is 5.16 Å². The fraction of sp³-hybridized carbons (Fsp3) is 0.667. The van der Waals surface area contributed by atoms with Crippen LogP contribution in [-0.4, -0.2) is 23.2 Å². The molecule has 1 fully saturated rings. The highest BCUT2D eigenvalue weighted by Crippen LogP contribution is 2.22. The molecule has 1 aliphatic heterocycles. The summed E-state index contributed by atoms with van der Waals surface area (Å²) in [7, 11) is 0. The van der Waals surface area contributed by atoms with E-state index in [1.54, 1.807) is 6.20 Å². The van der Waals surface area contributed by atoms with Crippen molar-refractivity contribution in [3.05, 3.63) is 18.0 Å². The van der Waals surface area contributed by atoms with Crippen molar-refractivity contribution in [2.45, 2.75) is 13.0 Å². The lowest BCUT2D eigenvalue weighted by Crippen LogP contribution is -2.21. The van der Waals surface area contributed by atoms with Gasteiger partial charge in [0.1, 0.15) is 5.76 Å². The Morgan fingerprint density at radius 3 is 3.38 bits per heavy atom. The quantitative estimate of drug-likeness (QED) is 0.796. The van der Waals surface area contributed by atoms with Crippen molar-refractivity contribution in [3.8, 4) is 0 Å². The van der Waals surface area contributed by atoms with Gasteiger partial charge in [-0.05, 0) is 30.4 Å². The molecule has 0 saturated carbocycles. The number of nitrogens with zero attached hydrogens (tertiary/aromatic N) is 1. The minimum atomic E-state index is 0.807. The molecule has 1 N–H and O–H groups in total. The van der Waals surface area contributed by atoms with Crippen molar-refractivity contribution in [1.82, 2.24) is 10.5 Å². The molecule has 2 heterocycles. The Morgan fingerprint density at radius 2 is 2.69 bits per heavy atom. The van der Waals surface area contributed by atoms with Gasteiger partial charge in [0.15, 0.2) is 0 Å². The summed E-state index contributed by atoms with van der Waals surface area (Å²) in [5.41, 5.74) is 0. The van der Waals surface area contributed by atoms with Gasteiger partial charge in [0.25, 0.3) is 0 Å². The Morgan fingerprint density at radius 1 is 1.69 bits per heavy atom. The van der Waals surface area contributed by atoms with Crippen LogP contribution in [0, 0.1) is 5.92 Å². The van der Waals surface area contributed by atoms with E-state index in [4.69, 9.17) is 4.52 Å². The molecule has 72 valence electrons. The number of rotatable bonds is 4. The van der Waals surface area contributed by atoms with Crippen molar-refractivity contribution in [2.75, 3.05) is 18.1 Å². The highest BCUT2D eigenvalue weighted by Gasteiger charge is 2.14. The van der Waals surface area contributed by atoms with E-state index in [1.165, 1.54) is 17.9 Å². The first-order valence-corrected chi connectivity index (χ1v) is 5.78. The lowest BCUT2D eigenvalue weighted by Gasteiger charge is -2.07. The average Bonchev–Trinajstić information content (AvgIpc) is 2.75. The van der Waals surface area contributed by atoms with E-state index in [1.807, 2.05) is 6.07 Å². The largest absolute Gasteiger partial charge is 0.360 e. The number of aromatic nitrogens is 1. The molecule has 0 radical (unpaired) electrons. The van der Waals surface area contributed by atoms with Gasteiger partial charge < -0.3 is 9.84 Å². The first kappa shape index (κ1) is 9.09. The van der Waals surface area contributed by atoms with E-state index in [-0.39, 0.29) is 0 Å². The second kappa shape index (κ2) is 4.67. The van der Waals surface area contributed by atoms with Gasteiger partial charge in [0, 0.05) is 6.07 Å². The van der Waals surface area contributed by atoms with Crippen molar-refractivity contribution >= 4 is 11.8 Å². The lowest BCUT2D eigenvalue weighted by molar-refractivity contribution is 0.368. The molecule has 1 aromatic rings. The summed E-state index contributed by atoms with van der Waals surface area (Å²) in [6.45, 7) is 1.91. The second-order valence-electron chi connectivity index (χ2n) is 3.34. The van der Waals surface area contributed by atoms with E-state index < -0.39 is 0 Å². The highest BCUT2D eigenvalue weighted by molar-refractivity contribution is 7.99. The Kier molecular flexibility index (Phi) is 3.27. The normalized spacial score (nSPS) is 22.3. The van der Waals surface area contributed by atoms with Crippen LogP contribution >= 0.6 is 11.8 Å². The number of nitrogens with one attached hydrogen (secondary N) is 1. The molecule has 1 aromatic heterocycles. The van der Waals surface area contributed by atoms with Crippen LogP contribution < -0.4 is 5.32 Å². The Labute approximate surface area is 82.3 Å². The Balaban J connectivity index is 1.63. The van der Waals surface area contributed by atoms with Crippen LogP contribution in [0.15, 0.2) is 16.8 Å². The van der Waals surface area contributed by atoms with Crippen LogP contribution in [0.1, 0.15) is 12.2 Å². The SMILES string of the molecule is c1cc(CNCC2CCSC2)on1. The molecule has 2 rings (SSSR count). The summed E-state index contributed by atoms with van der Waals surface area (Å²) in [6.07, 6.45) is 3.04. The van der Waals surface area contributed by atoms with E-state index in [0.29, 0.717) is 0 Å². The molecular formula is C9H14N2OS. The fourth-order valence-corrected chi connectivity index (χ4v) is 2.76. The van der Waals surface area contributed by atoms with Crippen LogP contribution in [0.5, 0.6) is 0 Å². The zero-order valence-corrected chi connectivity index (χ0v) is 8.35. The second-order valence-corrected chi connectivity index (χ2v) is 4.49. The number of hydrogen-bond donors (Lipinski definition) is 1. The predicted octanol–water partition coefficient (Wildman–Crippen LogP) is 1.52. The van der Waals surface area contributed by atoms with E-state index >= 15 is 0 Å². The molecule has 13 heavy (non-hydrogen) atoms. The highest BCUT2D eigenvalue weighted by atomic mass is 32.2. The van der Waals surface area contributed by atoms with Gasteiger partial charge in [-0.3, -0.25) is 0 Å². The minimum Gasteiger partial charge on any atom is -0.360 e. The summed E-state index contributed by atoms with van der Waals surface area (Å²) >= 11 is 2.05. The molecule has 1 saturated heterocycles. The third-order valence-electron chi connectivity index (χ3n) is 2.25. The molecule has 1 unspecified atom stereocenters. The topological polar surface area (TPSA) is 38.1 Å². The summed E-state index contributed by atoms with van der Waals surface area (Å²) in [4.78, 5) is 0. The Bertz CT molecular complexity index is 232. The molecule has 0 bridgehead atoms. The molecule has 4 heteroatoms. The summed E-state index contributed by atoms with van der Waals surface area (Å²) in [5, 5.41) is 7.04. The first-order valence-electron chi connectivity index (χ1n) is 4.63. The van der Waals surface area contributed by atoms with Gasteiger partial charge in [-0.15, -0.1) is 0 Å². The average molecular weight is 198 g/mol. The maximum absolute atomic E-state index is 4.98. The monoisotopic (exact) mass is 198 g/mol. The number of hydrogen-bond acceptors (Lipinski definition) is 4. The molecular weight excluding hydrogens is 184 g/mol. The summed E-state index contributed by atoms with van der Waals surface area (Å²) in [6, 6.07) is 1.90. The third kappa shape index (κ3) is 2.74. The molecule has 1 aliphatic rings. The zero-order valence-electron chi connectivity index (χ0n) is 7.53. The van der Waals surface area contributed by atoms with E-state index in [2.05, 4.69) is 22.2 Å². The minimum absolute atomic E-state index is 0.807. The van der Waals surface area contributed by atoms with Gasteiger partial charge in [-0.25, -0.2) is 0 Å². The predicted molar refractivity (Wildman–Crippen MR) is 53.6 cm³/mol. The van der Waals surface area contributed by atoms with Crippen LogP contribution in [-0.2, 0) is 6.54 Å². The van der Waals surface area contributed by atoms with Crippen LogP contribution in [0.25, 0.3) is 0 Å². The van der Waals surface area contributed by atoms with E-state index in [0.717, 1.165) is 24.8 Å². The van der Waals surface area contributed by atoms with Crippen LogP contribution in [0.4, 0.5) is 0 Å². The molecule has 3 nitrogen and oxygen atoms in total. The maximum Gasteiger partial charge on any atom is 0.150 e. The smallest absolute Gasteiger partial charge is 0.150 e. The van der Waals surface area contributed by atoms with Crippen molar-refractivity contribution in [3.63, 3.8) is 0 Å². The summed E-state index contributed by atoms with van der Waals surface area (Å²) in [5.74, 6) is 4.41. The fourth-order valence-electron chi connectivity index (χ4n) is 1.48. The molecule has 0 spiro atoms. The molecule has 1 atom stereocenters. The summed E-state index contributed by atoms with van der Waals surface area (Å²) < 4.78 is 4.98. The first-order chi connectivity index (χ1) is 6.45. The van der Waals surface area contributed by atoms with Gasteiger partial charge in [0.05, 0.1) is 12.7 Å². The van der Waals surface area contributed by atoms with Crippen LogP contribution in [0.2, 0.25) is 0 Å². The lowest BCUT2D eigenvalue weighted by atomic mass is 10.1. The van der Waals surface area contributed by atoms with Crippen LogP contribution in [0.3, 0.4) is 0 Å². The molecule has 0 aromatic carbocycles. The van der Waals surface area contributed by atoms with Gasteiger partial charge in [0.2, 0.25) is 0 Å². The standard InChI is InChI=1S/C9H14N2OS/c1-3-11-12-9(1)6-10-5-8-2-4-13-7-8/h1,3,8,10H,2,4-7H2. The van der Waals surface area contributed by atoms with Crippen molar-refractivity contribution in [1.29, 1.82) is 0 Å². The zero-order chi connectivity index (χ0) is 8.93. The third-order valence-corrected chi connectivity index (χ3v) is 3.48. The van der Waals surface area contributed by atoms with Gasteiger partial charge in [-0.2, -0.15) is 11.8 Å². The Hall–Kier alpha value is -0.480. The van der Waals surface area contributed by atoms with E-state index in [9.17, 15) is 0 Å². The molecule has 0 amide bonds. The maximum atomic E-state index is 4.98.